The van der Waals surface area contributed by atoms with Crippen molar-refractivity contribution >= 4 is 17.0 Å². The molecule has 6 nitrogen and oxygen atoms in total. The van der Waals surface area contributed by atoms with E-state index in [0.717, 1.165) is 23.8 Å². The number of aryl methyl sites for hydroxylation is 2. The van der Waals surface area contributed by atoms with Crippen molar-refractivity contribution < 1.29 is 0 Å². The van der Waals surface area contributed by atoms with Crippen LogP contribution in [0.2, 0.25) is 0 Å². The lowest BCUT2D eigenvalue weighted by Gasteiger charge is -2.05. The molecule has 0 amide bonds. The van der Waals surface area contributed by atoms with Gasteiger partial charge in [0.15, 0.2) is 11.5 Å². The van der Waals surface area contributed by atoms with Crippen LogP contribution in [0.15, 0.2) is 11.1 Å². The van der Waals surface area contributed by atoms with E-state index < -0.39 is 0 Å². The second kappa shape index (κ2) is 3.58. The quantitative estimate of drug-likeness (QED) is 0.838. The minimum Gasteiger partial charge on any atom is -0.368 e. The maximum Gasteiger partial charge on any atom is 0.329 e. The Labute approximate surface area is 98.3 Å². The molecule has 1 saturated carbocycles. The molecule has 1 fully saturated rings. The summed E-state index contributed by atoms with van der Waals surface area (Å²) in [5, 5.41) is 3.31. The summed E-state index contributed by atoms with van der Waals surface area (Å²) in [6.45, 7) is 0.926. The summed E-state index contributed by atoms with van der Waals surface area (Å²) in [6, 6.07) is 0. The molecule has 6 heteroatoms. The largest absolute Gasteiger partial charge is 0.368 e. The molecule has 1 aliphatic rings. The van der Waals surface area contributed by atoms with Crippen molar-refractivity contribution in [3.05, 3.63) is 16.8 Å². The number of imidazole rings is 1. The monoisotopic (exact) mass is 233 g/mol. The van der Waals surface area contributed by atoms with Gasteiger partial charge in [-0.05, 0) is 18.8 Å². The Morgan fingerprint density at radius 1 is 1.35 bits per heavy atom. The second-order valence-electron chi connectivity index (χ2n) is 4.62. The van der Waals surface area contributed by atoms with Gasteiger partial charge in [-0.3, -0.25) is 9.13 Å². The molecule has 0 bridgehead atoms. The summed E-state index contributed by atoms with van der Waals surface area (Å²) < 4.78 is 3.13. The summed E-state index contributed by atoms with van der Waals surface area (Å²) in [5.41, 5.74) is 1.38. The third-order valence-corrected chi connectivity index (χ3v) is 3.29. The Bertz CT molecular complexity index is 623. The van der Waals surface area contributed by atoms with Crippen molar-refractivity contribution in [1.82, 2.24) is 19.1 Å². The fourth-order valence-corrected chi connectivity index (χ4v) is 2.03. The second-order valence-corrected chi connectivity index (χ2v) is 4.62. The predicted molar refractivity (Wildman–Crippen MR) is 65.0 cm³/mol. The van der Waals surface area contributed by atoms with E-state index in [0.29, 0.717) is 5.65 Å². The Hall–Kier alpha value is -1.85. The molecule has 0 radical (unpaired) electrons. The average Bonchev–Trinajstić information content (AvgIpc) is 3.13. The highest BCUT2D eigenvalue weighted by atomic mass is 16.1. The highest BCUT2D eigenvalue weighted by Gasteiger charge is 2.22. The molecule has 2 aromatic heterocycles. The molecule has 0 atom stereocenters. The molecule has 0 aromatic carbocycles. The summed E-state index contributed by atoms with van der Waals surface area (Å²) in [6.07, 6.45) is 4.07. The molecule has 2 aromatic rings. The van der Waals surface area contributed by atoms with Crippen LogP contribution < -0.4 is 11.0 Å². The van der Waals surface area contributed by atoms with Gasteiger partial charge in [0.25, 0.3) is 0 Å². The lowest BCUT2D eigenvalue weighted by molar-refractivity contribution is 0.791. The summed E-state index contributed by atoms with van der Waals surface area (Å²) >= 11 is 0. The molecule has 0 unspecified atom stereocenters. The van der Waals surface area contributed by atoms with Gasteiger partial charge in [0.2, 0.25) is 0 Å². The molecular formula is C11H15N5O. The van der Waals surface area contributed by atoms with Crippen LogP contribution in [0, 0.1) is 5.92 Å². The van der Waals surface area contributed by atoms with Crippen molar-refractivity contribution in [3.63, 3.8) is 0 Å². The lowest BCUT2D eigenvalue weighted by Crippen LogP contribution is -2.19. The first-order valence-corrected chi connectivity index (χ1v) is 5.78. The van der Waals surface area contributed by atoms with Crippen LogP contribution in [0.4, 0.5) is 5.82 Å². The van der Waals surface area contributed by atoms with Crippen molar-refractivity contribution in [3.8, 4) is 0 Å². The van der Waals surface area contributed by atoms with E-state index in [-0.39, 0.29) is 5.69 Å². The molecule has 0 saturated heterocycles. The smallest absolute Gasteiger partial charge is 0.329 e. The van der Waals surface area contributed by atoms with Crippen molar-refractivity contribution in [2.24, 2.45) is 20.0 Å². The topological polar surface area (TPSA) is 64.7 Å². The molecule has 0 spiro atoms. The fraction of sp³-hybridized carbons (Fsp3) is 0.545. The van der Waals surface area contributed by atoms with Crippen LogP contribution in [0.25, 0.3) is 11.2 Å². The Morgan fingerprint density at radius 3 is 2.82 bits per heavy atom. The zero-order chi connectivity index (χ0) is 12.0. The van der Waals surface area contributed by atoms with Crippen LogP contribution in [-0.2, 0) is 14.1 Å². The molecule has 17 heavy (non-hydrogen) atoms. The zero-order valence-corrected chi connectivity index (χ0v) is 9.97. The van der Waals surface area contributed by atoms with Crippen LogP contribution >= 0.6 is 0 Å². The van der Waals surface area contributed by atoms with E-state index in [1.165, 1.54) is 19.2 Å². The summed E-state index contributed by atoms with van der Waals surface area (Å²) in [7, 11) is 3.47. The lowest BCUT2D eigenvalue weighted by atomic mass is 10.4. The number of anilines is 1. The maximum atomic E-state index is 11.8. The Kier molecular flexibility index (Phi) is 2.17. The zero-order valence-electron chi connectivity index (χ0n) is 9.97. The van der Waals surface area contributed by atoms with E-state index >= 15 is 0 Å². The highest BCUT2D eigenvalue weighted by molar-refractivity contribution is 5.83. The van der Waals surface area contributed by atoms with Gasteiger partial charge in [-0.2, -0.15) is 0 Å². The summed E-state index contributed by atoms with van der Waals surface area (Å²) in [5.74, 6) is 1.52. The van der Waals surface area contributed by atoms with Gasteiger partial charge >= 0.3 is 5.69 Å². The molecular weight excluding hydrogens is 218 g/mol. The first-order valence-electron chi connectivity index (χ1n) is 5.78. The van der Waals surface area contributed by atoms with Gasteiger partial charge in [0.05, 0.1) is 0 Å². The Morgan fingerprint density at radius 2 is 2.12 bits per heavy atom. The van der Waals surface area contributed by atoms with Crippen LogP contribution in [0.1, 0.15) is 12.8 Å². The van der Waals surface area contributed by atoms with Gasteiger partial charge in [0, 0.05) is 20.6 Å². The van der Waals surface area contributed by atoms with Gasteiger partial charge < -0.3 is 5.32 Å². The molecule has 2 heterocycles. The van der Waals surface area contributed by atoms with Gasteiger partial charge in [-0.1, -0.05) is 0 Å². The van der Waals surface area contributed by atoms with E-state index in [1.54, 1.807) is 23.2 Å². The number of hydrogen-bond donors (Lipinski definition) is 1. The van der Waals surface area contributed by atoms with Crippen LogP contribution in [-0.4, -0.2) is 25.6 Å². The third kappa shape index (κ3) is 1.60. The minimum atomic E-state index is -0.0741. The van der Waals surface area contributed by atoms with Crippen LogP contribution in [0.5, 0.6) is 0 Å². The van der Waals surface area contributed by atoms with Gasteiger partial charge in [-0.25, -0.2) is 14.8 Å². The average molecular weight is 233 g/mol. The first kappa shape index (κ1) is 10.3. The third-order valence-electron chi connectivity index (χ3n) is 3.29. The van der Waals surface area contributed by atoms with E-state index in [1.807, 2.05) is 0 Å². The fourth-order valence-electron chi connectivity index (χ4n) is 2.03. The first-order chi connectivity index (χ1) is 8.18. The molecule has 1 aliphatic carbocycles. The van der Waals surface area contributed by atoms with E-state index in [9.17, 15) is 4.79 Å². The predicted octanol–water partition coefficient (Wildman–Crippen LogP) is 0.489. The number of nitrogens with zero attached hydrogens (tertiary/aromatic N) is 4. The molecule has 90 valence electrons. The Balaban J connectivity index is 2.10. The normalized spacial score (nSPS) is 15.4. The minimum absolute atomic E-state index is 0.0741. The molecule has 0 aliphatic heterocycles. The van der Waals surface area contributed by atoms with Gasteiger partial charge in [0.1, 0.15) is 11.8 Å². The number of hydrogen-bond acceptors (Lipinski definition) is 4. The maximum absolute atomic E-state index is 11.8. The molecule has 3 rings (SSSR count). The van der Waals surface area contributed by atoms with E-state index in [4.69, 9.17) is 0 Å². The van der Waals surface area contributed by atoms with Crippen molar-refractivity contribution in [2.45, 2.75) is 12.8 Å². The van der Waals surface area contributed by atoms with Crippen molar-refractivity contribution in [1.29, 1.82) is 0 Å². The van der Waals surface area contributed by atoms with Crippen molar-refractivity contribution in [2.75, 3.05) is 11.9 Å². The summed E-state index contributed by atoms with van der Waals surface area (Å²) in [4.78, 5) is 20.2. The standard InChI is InChI=1S/C11H15N5O/c1-15-8-9(12-5-7-3-4-7)13-6-14-10(8)16(2)11(15)17/h6-7H,3-5H2,1-2H3,(H,12,13,14). The van der Waals surface area contributed by atoms with Gasteiger partial charge in [-0.15, -0.1) is 0 Å². The highest BCUT2D eigenvalue weighted by Crippen LogP contribution is 2.29. The SMILES string of the molecule is Cn1c(=O)n(C)c2c(NCC3CC3)ncnc21. The number of rotatable bonds is 3. The number of fused-ring (bicyclic) bond motifs is 1. The number of aromatic nitrogens is 4. The molecule has 1 N–H and O–H groups in total. The van der Waals surface area contributed by atoms with E-state index in [2.05, 4.69) is 15.3 Å². The van der Waals surface area contributed by atoms with Crippen LogP contribution in [0.3, 0.4) is 0 Å². The number of nitrogens with one attached hydrogen (secondary N) is 1.